The SMILES string of the molecule is NCC(N)OC(N)CN. The molecule has 5 nitrogen and oxygen atoms in total. The molecular formula is C4H14N4O. The maximum absolute atomic E-state index is 5.27. The van der Waals surface area contributed by atoms with Crippen LogP contribution in [0.15, 0.2) is 0 Å². The molecule has 0 aliphatic carbocycles. The normalized spacial score (nSPS) is 17.3. The molecule has 0 bridgehead atoms. The summed E-state index contributed by atoms with van der Waals surface area (Å²) in [5.41, 5.74) is 20.8. The number of rotatable bonds is 4. The number of hydrogen-bond acceptors (Lipinski definition) is 5. The van der Waals surface area contributed by atoms with Gasteiger partial charge in [0.15, 0.2) is 0 Å². The fraction of sp³-hybridized carbons (Fsp3) is 1.00. The van der Waals surface area contributed by atoms with Gasteiger partial charge in [-0.25, -0.2) is 0 Å². The highest BCUT2D eigenvalue weighted by atomic mass is 16.5. The van der Waals surface area contributed by atoms with E-state index in [1.165, 1.54) is 0 Å². The summed E-state index contributed by atoms with van der Waals surface area (Å²) in [4.78, 5) is 0. The molecule has 0 saturated carbocycles. The highest BCUT2D eigenvalue weighted by Crippen LogP contribution is 1.82. The summed E-state index contributed by atoms with van der Waals surface area (Å²) in [5.74, 6) is 0. The zero-order valence-corrected chi connectivity index (χ0v) is 5.29. The van der Waals surface area contributed by atoms with E-state index in [9.17, 15) is 0 Å². The highest BCUT2D eigenvalue weighted by Gasteiger charge is 2.03. The Hall–Kier alpha value is -0.200. The Bertz CT molecular complexity index is 61.6. The van der Waals surface area contributed by atoms with Crippen molar-refractivity contribution in [2.24, 2.45) is 22.9 Å². The summed E-state index contributed by atoms with van der Waals surface area (Å²) in [7, 11) is 0. The van der Waals surface area contributed by atoms with E-state index in [1.54, 1.807) is 0 Å². The van der Waals surface area contributed by atoms with Gasteiger partial charge in [0.25, 0.3) is 0 Å². The second-order valence-corrected chi connectivity index (χ2v) is 1.68. The van der Waals surface area contributed by atoms with Crippen molar-refractivity contribution in [2.75, 3.05) is 13.1 Å². The van der Waals surface area contributed by atoms with E-state index < -0.39 is 12.5 Å². The van der Waals surface area contributed by atoms with Crippen LogP contribution < -0.4 is 22.9 Å². The number of hydrogen-bond donors (Lipinski definition) is 4. The maximum Gasteiger partial charge on any atom is 0.120 e. The van der Waals surface area contributed by atoms with Gasteiger partial charge in [0.2, 0.25) is 0 Å². The van der Waals surface area contributed by atoms with E-state index in [0.717, 1.165) is 0 Å². The molecule has 0 aromatic carbocycles. The first-order chi connectivity index (χ1) is 4.20. The Balaban J connectivity index is 3.22. The lowest BCUT2D eigenvalue weighted by Gasteiger charge is -2.15. The predicted octanol–water partition coefficient (Wildman–Crippen LogP) is -2.51. The van der Waals surface area contributed by atoms with Crippen LogP contribution in [-0.2, 0) is 4.74 Å². The topological polar surface area (TPSA) is 113 Å². The van der Waals surface area contributed by atoms with Crippen LogP contribution in [0.5, 0.6) is 0 Å². The van der Waals surface area contributed by atoms with E-state index in [-0.39, 0.29) is 13.1 Å². The Labute approximate surface area is 54.3 Å². The molecule has 0 fully saturated rings. The molecule has 9 heavy (non-hydrogen) atoms. The fourth-order valence-electron chi connectivity index (χ4n) is 0.336. The second-order valence-electron chi connectivity index (χ2n) is 1.68. The van der Waals surface area contributed by atoms with Gasteiger partial charge in [-0.3, -0.25) is 0 Å². The van der Waals surface area contributed by atoms with Crippen molar-refractivity contribution < 1.29 is 4.74 Å². The molecule has 0 heterocycles. The largest absolute Gasteiger partial charge is 0.343 e. The molecule has 2 atom stereocenters. The van der Waals surface area contributed by atoms with Gasteiger partial charge >= 0.3 is 0 Å². The lowest BCUT2D eigenvalue weighted by molar-refractivity contribution is 0.00515. The molecule has 0 aromatic heterocycles. The predicted molar refractivity (Wildman–Crippen MR) is 35.1 cm³/mol. The average Bonchev–Trinajstić information content (AvgIpc) is 1.87. The van der Waals surface area contributed by atoms with Crippen LogP contribution in [0.4, 0.5) is 0 Å². The molecule has 0 radical (unpaired) electrons. The first-order valence-corrected chi connectivity index (χ1v) is 2.77. The van der Waals surface area contributed by atoms with E-state index in [2.05, 4.69) is 0 Å². The molecule has 2 unspecified atom stereocenters. The zero-order valence-electron chi connectivity index (χ0n) is 5.29. The smallest absolute Gasteiger partial charge is 0.120 e. The van der Waals surface area contributed by atoms with Gasteiger partial charge in [-0.05, 0) is 0 Å². The molecule has 56 valence electrons. The van der Waals surface area contributed by atoms with Crippen molar-refractivity contribution in [2.45, 2.75) is 12.5 Å². The first-order valence-electron chi connectivity index (χ1n) is 2.77. The molecule has 0 saturated heterocycles. The summed E-state index contributed by atoms with van der Waals surface area (Å²) in [6, 6.07) is 0. The number of ether oxygens (including phenoxy) is 1. The monoisotopic (exact) mass is 134 g/mol. The van der Waals surface area contributed by atoms with Gasteiger partial charge < -0.3 is 27.7 Å². The minimum Gasteiger partial charge on any atom is -0.343 e. The van der Waals surface area contributed by atoms with Crippen molar-refractivity contribution in [3.63, 3.8) is 0 Å². The van der Waals surface area contributed by atoms with Crippen LogP contribution in [0.2, 0.25) is 0 Å². The minimum atomic E-state index is -0.497. The van der Waals surface area contributed by atoms with E-state index in [4.69, 9.17) is 27.7 Å². The lowest BCUT2D eigenvalue weighted by Crippen LogP contribution is -2.42. The van der Waals surface area contributed by atoms with Gasteiger partial charge in [0.1, 0.15) is 12.5 Å². The average molecular weight is 134 g/mol. The fourth-order valence-corrected chi connectivity index (χ4v) is 0.336. The van der Waals surface area contributed by atoms with Crippen molar-refractivity contribution in [1.29, 1.82) is 0 Å². The minimum absolute atomic E-state index is 0.258. The van der Waals surface area contributed by atoms with Crippen LogP contribution in [-0.4, -0.2) is 25.5 Å². The van der Waals surface area contributed by atoms with Crippen LogP contribution in [0.25, 0.3) is 0 Å². The maximum atomic E-state index is 5.27. The Kier molecular flexibility index (Phi) is 4.55. The molecule has 0 spiro atoms. The van der Waals surface area contributed by atoms with Crippen LogP contribution >= 0.6 is 0 Å². The molecule has 0 rings (SSSR count). The summed E-state index contributed by atoms with van der Waals surface area (Å²) in [6.07, 6.45) is -0.993. The zero-order chi connectivity index (χ0) is 7.28. The molecule has 8 N–H and O–H groups in total. The van der Waals surface area contributed by atoms with Gasteiger partial charge in [-0.1, -0.05) is 0 Å². The van der Waals surface area contributed by atoms with Gasteiger partial charge in [0, 0.05) is 13.1 Å². The van der Waals surface area contributed by atoms with Crippen LogP contribution in [0.1, 0.15) is 0 Å². The molecule has 0 amide bonds. The summed E-state index contributed by atoms with van der Waals surface area (Å²) in [5, 5.41) is 0. The van der Waals surface area contributed by atoms with E-state index in [1.807, 2.05) is 0 Å². The Morgan fingerprint density at radius 1 is 1.00 bits per heavy atom. The molecule has 0 aromatic rings. The van der Waals surface area contributed by atoms with Gasteiger partial charge in [-0.2, -0.15) is 0 Å². The van der Waals surface area contributed by atoms with E-state index >= 15 is 0 Å². The number of nitrogens with two attached hydrogens (primary N) is 4. The van der Waals surface area contributed by atoms with E-state index in [0.29, 0.717) is 0 Å². The highest BCUT2D eigenvalue weighted by molar-refractivity contribution is 4.52. The van der Waals surface area contributed by atoms with Crippen LogP contribution in [0.3, 0.4) is 0 Å². The van der Waals surface area contributed by atoms with Crippen molar-refractivity contribution in [3.05, 3.63) is 0 Å². The summed E-state index contributed by atoms with van der Waals surface area (Å²) < 4.78 is 4.85. The Morgan fingerprint density at radius 3 is 1.56 bits per heavy atom. The van der Waals surface area contributed by atoms with Crippen LogP contribution in [0, 0.1) is 0 Å². The van der Waals surface area contributed by atoms with Crippen molar-refractivity contribution in [1.82, 2.24) is 0 Å². The molecule has 5 heteroatoms. The molecule has 0 aliphatic rings. The van der Waals surface area contributed by atoms with Gasteiger partial charge in [-0.15, -0.1) is 0 Å². The molecular weight excluding hydrogens is 120 g/mol. The summed E-state index contributed by atoms with van der Waals surface area (Å²) in [6.45, 7) is 0.515. The first kappa shape index (κ1) is 8.80. The third-order valence-electron chi connectivity index (χ3n) is 0.814. The van der Waals surface area contributed by atoms with Crippen molar-refractivity contribution >= 4 is 0 Å². The third kappa shape index (κ3) is 4.31. The quantitative estimate of drug-likeness (QED) is 0.317. The standard InChI is InChI=1S/C4H14N4O/c5-1-3(7)9-4(8)2-6/h3-4H,1-2,5-8H2. The lowest BCUT2D eigenvalue weighted by atomic mass is 10.5. The summed E-state index contributed by atoms with van der Waals surface area (Å²) >= 11 is 0. The third-order valence-corrected chi connectivity index (χ3v) is 0.814. The van der Waals surface area contributed by atoms with Crippen molar-refractivity contribution in [3.8, 4) is 0 Å². The Morgan fingerprint density at radius 2 is 1.33 bits per heavy atom. The van der Waals surface area contributed by atoms with Gasteiger partial charge in [0.05, 0.1) is 0 Å². The second kappa shape index (κ2) is 4.66. The molecule has 0 aliphatic heterocycles.